The molecule has 1 heterocycles. The van der Waals surface area contributed by atoms with Crippen molar-refractivity contribution in [2.24, 2.45) is 0 Å². The molecule has 0 bridgehead atoms. The summed E-state index contributed by atoms with van der Waals surface area (Å²) in [6.45, 7) is 0. The van der Waals surface area contributed by atoms with Gasteiger partial charge in [0.05, 0.1) is 26.6 Å². The Labute approximate surface area is 106 Å². The van der Waals surface area contributed by atoms with Crippen molar-refractivity contribution in [3.63, 3.8) is 0 Å². The fourth-order valence-corrected chi connectivity index (χ4v) is 1.91. The van der Waals surface area contributed by atoms with Crippen molar-refractivity contribution in [2.45, 2.75) is 6.18 Å². The molecule has 0 aliphatic heterocycles. The molecular formula is C9H3Cl2F3N2O2. The van der Waals surface area contributed by atoms with Gasteiger partial charge in [0.15, 0.2) is 0 Å². The molecule has 0 atom stereocenters. The van der Waals surface area contributed by atoms with Crippen LogP contribution < -0.4 is 11.1 Å². The number of H-pyrrole nitrogens is 2. The Morgan fingerprint density at radius 3 is 2.11 bits per heavy atom. The first kappa shape index (κ1) is 13.0. The third-order valence-electron chi connectivity index (χ3n) is 2.21. The van der Waals surface area contributed by atoms with Crippen molar-refractivity contribution in [3.8, 4) is 0 Å². The van der Waals surface area contributed by atoms with Crippen molar-refractivity contribution >= 4 is 34.2 Å². The van der Waals surface area contributed by atoms with E-state index in [4.69, 9.17) is 23.2 Å². The molecule has 0 radical (unpaired) electrons. The SMILES string of the molecule is O=c1[nH]c2cc(C(F)(F)F)c(Cl)c(Cl)c2[nH]c1=O. The fraction of sp³-hybridized carbons (Fsp3) is 0.111. The van der Waals surface area contributed by atoms with Gasteiger partial charge in [-0.3, -0.25) is 9.59 Å². The second-order valence-electron chi connectivity index (χ2n) is 3.38. The summed E-state index contributed by atoms with van der Waals surface area (Å²) in [4.78, 5) is 26.1. The van der Waals surface area contributed by atoms with Crippen molar-refractivity contribution in [1.29, 1.82) is 0 Å². The van der Waals surface area contributed by atoms with Crippen LogP contribution in [0.3, 0.4) is 0 Å². The molecule has 0 unspecified atom stereocenters. The van der Waals surface area contributed by atoms with E-state index in [1.807, 2.05) is 4.98 Å². The second-order valence-corrected chi connectivity index (χ2v) is 4.14. The van der Waals surface area contributed by atoms with Crippen LogP contribution in [0.15, 0.2) is 15.7 Å². The fourth-order valence-electron chi connectivity index (χ4n) is 1.40. The first-order chi connectivity index (χ1) is 8.21. The highest BCUT2D eigenvalue weighted by atomic mass is 35.5. The first-order valence-electron chi connectivity index (χ1n) is 4.43. The predicted molar refractivity (Wildman–Crippen MR) is 60.2 cm³/mol. The molecule has 4 nitrogen and oxygen atoms in total. The summed E-state index contributed by atoms with van der Waals surface area (Å²) in [6.07, 6.45) is -4.72. The minimum Gasteiger partial charge on any atom is -0.316 e. The Morgan fingerprint density at radius 2 is 1.56 bits per heavy atom. The normalized spacial score (nSPS) is 12.1. The standard InChI is InChI=1S/C9H3Cl2F3N2O2/c10-4-2(9(12,13)14)1-3-6(5(4)11)16-8(18)7(17)15-3/h1H,(H,15,17)(H,16,18). The molecular weight excluding hydrogens is 296 g/mol. The van der Waals surface area contributed by atoms with Gasteiger partial charge >= 0.3 is 17.3 Å². The number of aromatic amines is 2. The van der Waals surface area contributed by atoms with Gasteiger partial charge in [-0.2, -0.15) is 13.2 Å². The Morgan fingerprint density at radius 1 is 1.00 bits per heavy atom. The molecule has 0 saturated carbocycles. The van der Waals surface area contributed by atoms with E-state index < -0.39 is 32.9 Å². The summed E-state index contributed by atoms with van der Waals surface area (Å²) in [5.74, 6) is 0. The van der Waals surface area contributed by atoms with Crippen LogP contribution in [0.1, 0.15) is 5.56 Å². The summed E-state index contributed by atoms with van der Waals surface area (Å²) >= 11 is 11.1. The minimum atomic E-state index is -4.72. The summed E-state index contributed by atoms with van der Waals surface area (Å²) in [7, 11) is 0. The summed E-state index contributed by atoms with van der Waals surface area (Å²) < 4.78 is 37.9. The Bertz CT molecular complexity index is 748. The van der Waals surface area contributed by atoms with Crippen LogP contribution in [-0.2, 0) is 6.18 Å². The molecule has 1 aromatic carbocycles. The molecule has 2 aromatic rings. The predicted octanol–water partition coefficient (Wildman–Crippen LogP) is 2.54. The molecule has 0 amide bonds. The van der Waals surface area contributed by atoms with E-state index >= 15 is 0 Å². The molecule has 0 fully saturated rings. The van der Waals surface area contributed by atoms with Crippen molar-refractivity contribution in [1.82, 2.24) is 9.97 Å². The van der Waals surface area contributed by atoms with Crippen LogP contribution in [0, 0.1) is 0 Å². The van der Waals surface area contributed by atoms with E-state index in [1.165, 1.54) is 0 Å². The van der Waals surface area contributed by atoms with Crippen LogP contribution in [0.5, 0.6) is 0 Å². The average molecular weight is 299 g/mol. The van der Waals surface area contributed by atoms with E-state index in [-0.39, 0.29) is 11.0 Å². The Balaban J connectivity index is 2.97. The van der Waals surface area contributed by atoms with Crippen LogP contribution in [0.4, 0.5) is 13.2 Å². The van der Waals surface area contributed by atoms with Gasteiger partial charge in [-0.15, -0.1) is 0 Å². The van der Waals surface area contributed by atoms with Gasteiger partial charge in [-0.05, 0) is 6.07 Å². The number of hydrogen-bond donors (Lipinski definition) is 2. The van der Waals surface area contributed by atoms with Crippen molar-refractivity contribution in [2.75, 3.05) is 0 Å². The molecule has 0 aliphatic carbocycles. The van der Waals surface area contributed by atoms with Gasteiger partial charge in [0.2, 0.25) is 0 Å². The van der Waals surface area contributed by atoms with E-state index in [1.54, 1.807) is 0 Å². The molecule has 2 rings (SSSR count). The smallest absolute Gasteiger partial charge is 0.316 e. The van der Waals surface area contributed by atoms with E-state index in [0.717, 1.165) is 0 Å². The molecule has 0 spiro atoms. The lowest BCUT2D eigenvalue weighted by atomic mass is 10.2. The molecule has 0 aliphatic rings. The lowest BCUT2D eigenvalue weighted by Gasteiger charge is -2.11. The highest BCUT2D eigenvalue weighted by Gasteiger charge is 2.35. The maximum absolute atomic E-state index is 12.6. The van der Waals surface area contributed by atoms with Crippen LogP contribution in [0.25, 0.3) is 11.0 Å². The number of aromatic nitrogens is 2. The van der Waals surface area contributed by atoms with Gasteiger partial charge in [-0.25, -0.2) is 0 Å². The van der Waals surface area contributed by atoms with Gasteiger partial charge in [0, 0.05) is 0 Å². The highest BCUT2D eigenvalue weighted by Crippen LogP contribution is 2.40. The summed E-state index contributed by atoms with van der Waals surface area (Å²) in [5, 5.41) is -1.21. The molecule has 9 heteroatoms. The lowest BCUT2D eigenvalue weighted by molar-refractivity contribution is -0.137. The molecule has 18 heavy (non-hydrogen) atoms. The zero-order chi connectivity index (χ0) is 13.7. The zero-order valence-electron chi connectivity index (χ0n) is 8.28. The quantitative estimate of drug-likeness (QED) is 0.734. The number of nitrogens with one attached hydrogen (secondary N) is 2. The third kappa shape index (κ3) is 1.99. The zero-order valence-corrected chi connectivity index (χ0v) is 9.80. The number of benzene rings is 1. The monoisotopic (exact) mass is 298 g/mol. The highest BCUT2D eigenvalue weighted by molar-refractivity contribution is 6.45. The molecule has 2 N–H and O–H groups in total. The lowest BCUT2D eigenvalue weighted by Crippen LogP contribution is -2.29. The van der Waals surface area contributed by atoms with Crippen LogP contribution in [-0.4, -0.2) is 9.97 Å². The Hall–Kier alpha value is -1.47. The molecule has 96 valence electrons. The van der Waals surface area contributed by atoms with E-state index in [9.17, 15) is 22.8 Å². The maximum Gasteiger partial charge on any atom is 0.417 e. The largest absolute Gasteiger partial charge is 0.417 e. The third-order valence-corrected chi connectivity index (χ3v) is 3.07. The topological polar surface area (TPSA) is 65.7 Å². The first-order valence-corrected chi connectivity index (χ1v) is 5.19. The number of fused-ring (bicyclic) bond motifs is 1. The van der Waals surface area contributed by atoms with Gasteiger partial charge in [-0.1, -0.05) is 23.2 Å². The molecule has 0 saturated heterocycles. The number of alkyl halides is 3. The number of halogens is 5. The van der Waals surface area contributed by atoms with Crippen molar-refractivity contribution in [3.05, 3.63) is 42.4 Å². The number of rotatable bonds is 0. The maximum atomic E-state index is 12.6. The van der Waals surface area contributed by atoms with Gasteiger partial charge in [0.1, 0.15) is 0 Å². The Kier molecular flexibility index (Phi) is 2.90. The van der Waals surface area contributed by atoms with E-state index in [0.29, 0.717) is 6.07 Å². The van der Waals surface area contributed by atoms with Crippen LogP contribution in [0.2, 0.25) is 10.0 Å². The van der Waals surface area contributed by atoms with Gasteiger partial charge in [0.25, 0.3) is 0 Å². The molecule has 1 aromatic heterocycles. The number of hydrogen-bond acceptors (Lipinski definition) is 2. The van der Waals surface area contributed by atoms with Crippen LogP contribution >= 0.6 is 23.2 Å². The minimum absolute atomic E-state index is 0.153. The van der Waals surface area contributed by atoms with Gasteiger partial charge < -0.3 is 9.97 Å². The summed E-state index contributed by atoms with van der Waals surface area (Å²) in [5.41, 5.74) is -3.70. The second kappa shape index (κ2) is 4.03. The van der Waals surface area contributed by atoms with E-state index in [2.05, 4.69) is 4.98 Å². The average Bonchev–Trinajstić information content (AvgIpc) is 2.25. The summed E-state index contributed by atoms with van der Waals surface area (Å²) in [6, 6.07) is 0.612. The van der Waals surface area contributed by atoms with Crippen molar-refractivity contribution < 1.29 is 13.2 Å².